The number of carbonyl (C=O) groups is 2. The minimum atomic E-state index is -1.08. The molecule has 25 heavy (non-hydrogen) atoms. The highest BCUT2D eigenvalue weighted by atomic mass is 16.5. The van der Waals surface area contributed by atoms with Crippen molar-refractivity contribution < 1.29 is 19.4 Å². The number of Topliss-reactive ketones (excluding diaryl/α,β-unsaturated/α-hetero) is 1. The van der Waals surface area contributed by atoms with Crippen LogP contribution in [0.15, 0.2) is 67.3 Å². The zero-order valence-electron chi connectivity index (χ0n) is 13.1. The van der Waals surface area contributed by atoms with Crippen LogP contribution in [0.4, 0.5) is 0 Å². The average molecular weight is 334 g/mol. The summed E-state index contributed by atoms with van der Waals surface area (Å²) in [5, 5.41) is 9.19. The molecule has 0 amide bonds. The van der Waals surface area contributed by atoms with Crippen LogP contribution in [0.2, 0.25) is 0 Å². The number of rotatable bonds is 3. The van der Waals surface area contributed by atoms with Gasteiger partial charge >= 0.3 is 5.97 Å². The van der Waals surface area contributed by atoms with Crippen molar-refractivity contribution >= 4 is 11.8 Å². The lowest BCUT2D eigenvalue weighted by atomic mass is 9.90. The highest BCUT2D eigenvalue weighted by Crippen LogP contribution is 2.41. The van der Waals surface area contributed by atoms with Crippen LogP contribution in [0.3, 0.4) is 0 Å². The second-order valence-electron chi connectivity index (χ2n) is 5.78. The first-order chi connectivity index (χ1) is 12.1. The quantitative estimate of drug-likeness (QED) is 0.796. The Kier molecular flexibility index (Phi) is 3.57. The number of nitrogens with zero attached hydrogens (tertiary/aromatic N) is 2. The monoisotopic (exact) mass is 334 g/mol. The van der Waals surface area contributed by atoms with Gasteiger partial charge in [0.05, 0.1) is 17.5 Å². The Balaban J connectivity index is 1.86. The van der Waals surface area contributed by atoms with E-state index in [1.54, 1.807) is 23.3 Å². The number of fused-ring (bicyclic) bond motifs is 1. The number of carbonyl (C=O) groups excluding carboxylic acids is 1. The van der Waals surface area contributed by atoms with Crippen molar-refractivity contribution in [2.24, 2.45) is 0 Å². The molecule has 3 aromatic rings. The van der Waals surface area contributed by atoms with Gasteiger partial charge in [0.1, 0.15) is 11.8 Å². The smallest absolute Gasteiger partial charge is 0.335 e. The molecule has 0 bridgehead atoms. The van der Waals surface area contributed by atoms with Crippen LogP contribution in [0.25, 0.3) is 0 Å². The summed E-state index contributed by atoms with van der Waals surface area (Å²) in [5.74, 6) is -0.892. The third kappa shape index (κ3) is 2.57. The van der Waals surface area contributed by atoms with E-state index < -0.39 is 18.1 Å². The number of ketones is 1. The Hall–Kier alpha value is -3.41. The molecule has 124 valence electrons. The van der Waals surface area contributed by atoms with E-state index >= 15 is 0 Å². The van der Waals surface area contributed by atoms with Crippen LogP contribution >= 0.6 is 0 Å². The van der Waals surface area contributed by atoms with Crippen LogP contribution in [-0.4, -0.2) is 26.4 Å². The molecule has 0 aliphatic carbocycles. The van der Waals surface area contributed by atoms with Crippen molar-refractivity contribution in [2.75, 3.05) is 0 Å². The number of carboxylic acid groups (broad SMARTS) is 1. The van der Waals surface area contributed by atoms with Crippen molar-refractivity contribution in [1.82, 2.24) is 9.55 Å². The zero-order valence-corrected chi connectivity index (χ0v) is 13.1. The van der Waals surface area contributed by atoms with Gasteiger partial charge in [-0.2, -0.15) is 0 Å². The first-order valence-corrected chi connectivity index (χ1v) is 7.76. The van der Waals surface area contributed by atoms with Crippen LogP contribution in [0, 0.1) is 0 Å². The van der Waals surface area contributed by atoms with Crippen molar-refractivity contribution in [3.05, 3.63) is 83.9 Å². The third-order valence-corrected chi connectivity index (χ3v) is 4.28. The van der Waals surface area contributed by atoms with Gasteiger partial charge in [-0.3, -0.25) is 4.79 Å². The molecule has 2 atom stereocenters. The Morgan fingerprint density at radius 3 is 2.64 bits per heavy atom. The van der Waals surface area contributed by atoms with Gasteiger partial charge in [0.2, 0.25) is 0 Å². The normalized spacial score (nSPS) is 19.1. The maximum absolute atomic E-state index is 13.2. The molecule has 0 radical (unpaired) electrons. The molecular formula is C19H14N2O4. The largest absolute Gasteiger partial charge is 0.482 e. The lowest BCUT2D eigenvalue weighted by Gasteiger charge is -2.33. The van der Waals surface area contributed by atoms with E-state index in [2.05, 4.69) is 4.98 Å². The minimum absolute atomic E-state index is 0.0539. The number of hydrogen-bond donors (Lipinski definition) is 1. The summed E-state index contributed by atoms with van der Waals surface area (Å²) in [6, 6.07) is 13.2. The number of imidazole rings is 1. The van der Waals surface area contributed by atoms with Crippen LogP contribution < -0.4 is 4.74 Å². The molecule has 6 heteroatoms. The maximum atomic E-state index is 13.2. The summed E-state index contributed by atoms with van der Waals surface area (Å²) in [7, 11) is 0. The SMILES string of the molecule is O=C(O)c1ccc2c(c1)C(=O)C(n1ccnc1)C(c1ccccc1)O2. The number of carboxylic acids is 1. The number of ether oxygens (including phenoxy) is 1. The van der Waals surface area contributed by atoms with Gasteiger partial charge in [0.15, 0.2) is 11.9 Å². The van der Waals surface area contributed by atoms with Gasteiger partial charge in [-0.05, 0) is 23.8 Å². The predicted octanol–water partition coefficient (Wildman–Crippen LogP) is 3.14. The van der Waals surface area contributed by atoms with E-state index in [9.17, 15) is 14.7 Å². The summed E-state index contributed by atoms with van der Waals surface area (Å²) in [4.78, 5) is 28.4. The van der Waals surface area contributed by atoms with E-state index in [0.717, 1.165) is 5.56 Å². The Morgan fingerprint density at radius 2 is 1.96 bits per heavy atom. The predicted molar refractivity (Wildman–Crippen MR) is 88.8 cm³/mol. The number of aromatic nitrogens is 2. The molecule has 4 rings (SSSR count). The van der Waals surface area contributed by atoms with E-state index in [0.29, 0.717) is 5.75 Å². The first kappa shape index (κ1) is 15.1. The second kappa shape index (κ2) is 5.90. The Bertz CT molecular complexity index is 935. The highest BCUT2D eigenvalue weighted by Gasteiger charge is 2.39. The van der Waals surface area contributed by atoms with Gasteiger partial charge in [-0.1, -0.05) is 30.3 Å². The van der Waals surface area contributed by atoms with E-state index in [4.69, 9.17) is 4.74 Å². The summed E-state index contributed by atoms with van der Waals surface area (Å²) in [6.45, 7) is 0. The van der Waals surface area contributed by atoms with Crippen LogP contribution in [-0.2, 0) is 0 Å². The van der Waals surface area contributed by atoms with Gasteiger partial charge in [-0.15, -0.1) is 0 Å². The summed E-state index contributed by atoms with van der Waals surface area (Å²) < 4.78 is 7.79. The Morgan fingerprint density at radius 1 is 1.16 bits per heavy atom. The fourth-order valence-corrected chi connectivity index (χ4v) is 3.08. The van der Waals surface area contributed by atoms with Crippen LogP contribution in [0.1, 0.15) is 38.4 Å². The molecule has 1 aliphatic rings. The number of benzene rings is 2. The van der Waals surface area contributed by atoms with Gasteiger partial charge in [0, 0.05) is 12.4 Å². The standard InChI is InChI=1S/C19H14N2O4/c22-17-14-10-13(19(23)24)6-7-15(14)25-18(12-4-2-1-3-5-12)16(17)21-9-8-20-11-21/h1-11,16,18H,(H,23,24). The topological polar surface area (TPSA) is 81.4 Å². The first-order valence-electron chi connectivity index (χ1n) is 7.76. The molecule has 0 saturated carbocycles. The van der Waals surface area contributed by atoms with Gasteiger partial charge in [0.25, 0.3) is 0 Å². The maximum Gasteiger partial charge on any atom is 0.335 e. The molecule has 0 saturated heterocycles. The lowest BCUT2D eigenvalue weighted by molar-refractivity contribution is 0.0675. The molecule has 2 aromatic carbocycles. The molecule has 2 heterocycles. The number of aromatic carboxylic acids is 1. The molecule has 0 spiro atoms. The molecule has 6 nitrogen and oxygen atoms in total. The summed E-state index contributed by atoms with van der Waals surface area (Å²) in [5.41, 5.74) is 1.19. The average Bonchev–Trinajstić information content (AvgIpc) is 3.16. The summed E-state index contributed by atoms with van der Waals surface area (Å²) >= 11 is 0. The summed E-state index contributed by atoms with van der Waals surface area (Å²) in [6.07, 6.45) is 4.34. The molecule has 1 aromatic heterocycles. The molecular weight excluding hydrogens is 320 g/mol. The van der Waals surface area contributed by atoms with Crippen molar-refractivity contribution in [3.63, 3.8) is 0 Å². The molecule has 1 aliphatic heterocycles. The molecule has 0 fully saturated rings. The van der Waals surface area contributed by atoms with E-state index in [1.807, 2.05) is 30.3 Å². The Labute approximate surface area is 143 Å². The van der Waals surface area contributed by atoms with Crippen LogP contribution in [0.5, 0.6) is 5.75 Å². The fraction of sp³-hybridized carbons (Fsp3) is 0.105. The zero-order chi connectivity index (χ0) is 17.4. The second-order valence-corrected chi connectivity index (χ2v) is 5.78. The molecule has 1 N–H and O–H groups in total. The van der Waals surface area contributed by atoms with Gasteiger partial charge in [-0.25, -0.2) is 9.78 Å². The van der Waals surface area contributed by atoms with Crippen molar-refractivity contribution in [2.45, 2.75) is 12.1 Å². The van der Waals surface area contributed by atoms with Crippen molar-refractivity contribution in [3.8, 4) is 5.75 Å². The highest BCUT2D eigenvalue weighted by molar-refractivity contribution is 6.04. The van der Waals surface area contributed by atoms with Crippen molar-refractivity contribution in [1.29, 1.82) is 0 Å². The number of hydrogen-bond acceptors (Lipinski definition) is 4. The van der Waals surface area contributed by atoms with Gasteiger partial charge < -0.3 is 14.4 Å². The van der Waals surface area contributed by atoms with E-state index in [-0.39, 0.29) is 16.9 Å². The molecule has 2 unspecified atom stereocenters. The van der Waals surface area contributed by atoms with E-state index in [1.165, 1.54) is 18.2 Å². The lowest BCUT2D eigenvalue weighted by Crippen LogP contribution is -2.33. The third-order valence-electron chi connectivity index (χ3n) is 4.28. The minimum Gasteiger partial charge on any atom is -0.482 e. The fourth-order valence-electron chi connectivity index (χ4n) is 3.08.